The Morgan fingerprint density at radius 3 is 2.58 bits per heavy atom. The number of benzene rings is 2. The first-order valence-electron chi connectivity index (χ1n) is 11.3. The van der Waals surface area contributed by atoms with Gasteiger partial charge in [-0.25, -0.2) is 0 Å². The molecule has 5 nitrogen and oxygen atoms in total. The van der Waals surface area contributed by atoms with Crippen LogP contribution in [0.1, 0.15) is 27.9 Å². The minimum Gasteiger partial charge on any atom is -0.486 e. The summed E-state index contributed by atoms with van der Waals surface area (Å²) in [5.74, 6) is 1.68. The van der Waals surface area contributed by atoms with Crippen molar-refractivity contribution in [3.63, 3.8) is 0 Å². The van der Waals surface area contributed by atoms with Gasteiger partial charge in [0.2, 0.25) is 0 Å². The standard InChI is InChI=1S/C27H27N3O2.ClH/c1-18-19(2)30(16-20-7-8-25-26(13-20)32-12-11-31-25)27-23(18)14-28-15-24(27)29-10-9-21-5-3-4-6-22(21)17-29;/h3-8,13-15H,9-12,16-17H2,1-2H3;1H. The van der Waals surface area contributed by atoms with Crippen LogP contribution in [0.4, 0.5) is 5.69 Å². The predicted octanol–water partition coefficient (Wildman–Crippen LogP) is 5.46. The number of anilines is 1. The number of halogens is 1. The summed E-state index contributed by atoms with van der Waals surface area (Å²) < 4.78 is 14.0. The lowest BCUT2D eigenvalue weighted by Gasteiger charge is -2.31. The molecule has 0 unspecified atom stereocenters. The van der Waals surface area contributed by atoms with Crippen molar-refractivity contribution < 1.29 is 9.47 Å². The van der Waals surface area contributed by atoms with Gasteiger partial charge in [0.05, 0.1) is 17.4 Å². The van der Waals surface area contributed by atoms with E-state index in [2.05, 4.69) is 64.7 Å². The molecule has 2 aliphatic rings. The molecule has 0 aliphatic carbocycles. The second-order valence-electron chi connectivity index (χ2n) is 8.77. The molecule has 2 aromatic heterocycles. The summed E-state index contributed by atoms with van der Waals surface area (Å²) in [6.45, 7) is 8.34. The first-order chi connectivity index (χ1) is 15.7. The van der Waals surface area contributed by atoms with Crippen LogP contribution in [-0.2, 0) is 19.5 Å². The van der Waals surface area contributed by atoms with Gasteiger partial charge in [-0.3, -0.25) is 4.98 Å². The van der Waals surface area contributed by atoms with E-state index in [0.717, 1.165) is 37.6 Å². The zero-order chi connectivity index (χ0) is 21.7. The smallest absolute Gasteiger partial charge is 0.161 e. The average molecular weight is 462 g/mol. The van der Waals surface area contributed by atoms with Gasteiger partial charge in [-0.2, -0.15) is 0 Å². The van der Waals surface area contributed by atoms with Gasteiger partial charge in [-0.05, 0) is 54.7 Å². The van der Waals surface area contributed by atoms with E-state index in [9.17, 15) is 0 Å². The summed E-state index contributed by atoms with van der Waals surface area (Å²) in [6.07, 6.45) is 5.11. The second-order valence-corrected chi connectivity index (χ2v) is 8.77. The fraction of sp³-hybridized carbons (Fsp3) is 0.296. The van der Waals surface area contributed by atoms with Crippen molar-refractivity contribution >= 4 is 29.0 Å². The summed E-state index contributed by atoms with van der Waals surface area (Å²) >= 11 is 0. The van der Waals surface area contributed by atoms with E-state index in [1.165, 1.54) is 44.5 Å². The number of aryl methyl sites for hydroxylation is 1. The molecule has 0 atom stereocenters. The molecule has 0 N–H and O–H groups in total. The van der Waals surface area contributed by atoms with Crippen molar-refractivity contribution in [1.29, 1.82) is 0 Å². The Hall–Kier alpha value is -3.18. The van der Waals surface area contributed by atoms with Gasteiger partial charge in [0.15, 0.2) is 11.5 Å². The van der Waals surface area contributed by atoms with Crippen LogP contribution in [0.5, 0.6) is 11.5 Å². The zero-order valence-corrected chi connectivity index (χ0v) is 19.8. The van der Waals surface area contributed by atoms with Gasteiger partial charge < -0.3 is 18.9 Å². The Morgan fingerprint density at radius 1 is 0.939 bits per heavy atom. The fourth-order valence-electron chi connectivity index (χ4n) is 5.06. The first kappa shape index (κ1) is 21.7. The molecule has 33 heavy (non-hydrogen) atoms. The highest BCUT2D eigenvalue weighted by molar-refractivity contribution is 5.94. The SMILES string of the molecule is Cc1c(C)n(Cc2ccc3c(c2)OCCO3)c2c(N3CCc4ccccc4C3)cncc12.Cl. The van der Waals surface area contributed by atoms with Gasteiger partial charge >= 0.3 is 0 Å². The number of nitrogens with zero attached hydrogens (tertiary/aromatic N) is 3. The molecular formula is C27H28ClN3O2. The lowest BCUT2D eigenvalue weighted by molar-refractivity contribution is 0.171. The number of fused-ring (bicyclic) bond motifs is 3. The molecule has 4 heterocycles. The zero-order valence-electron chi connectivity index (χ0n) is 19.0. The van der Waals surface area contributed by atoms with Crippen LogP contribution in [-0.4, -0.2) is 29.3 Å². The number of aromatic nitrogens is 2. The van der Waals surface area contributed by atoms with Crippen molar-refractivity contribution in [2.24, 2.45) is 0 Å². The molecule has 0 amide bonds. The minimum atomic E-state index is 0. The summed E-state index contributed by atoms with van der Waals surface area (Å²) in [4.78, 5) is 7.12. The fourth-order valence-corrected chi connectivity index (χ4v) is 5.06. The maximum atomic E-state index is 5.82. The van der Waals surface area contributed by atoms with Crippen molar-refractivity contribution in [3.05, 3.63) is 82.8 Å². The van der Waals surface area contributed by atoms with Crippen molar-refractivity contribution in [2.75, 3.05) is 24.7 Å². The highest BCUT2D eigenvalue weighted by Crippen LogP contribution is 2.36. The quantitative estimate of drug-likeness (QED) is 0.406. The maximum Gasteiger partial charge on any atom is 0.161 e. The van der Waals surface area contributed by atoms with Gasteiger partial charge in [-0.1, -0.05) is 30.3 Å². The number of rotatable bonds is 3. The molecule has 2 aliphatic heterocycles. The molecular weight excluding hydrogens is 434 g/mol. The molecule has 170 valence electrons. The van der Waals surface area contributed by atoms with Crippen molar-refractivity contribution in [2.45, 2.75) is 33.4 Å². The Bertz CT molecular complexity index is 1330. The molecule has 6 rings (SSSR count). The third-order valence-corrected chi connectivity index (χ3v) is 6.94. The Labute approximate surface area is 200 Å². The van der Waals surface area contributed by atoms with Crippen LogP contribution < -0.4 is 14.4 Å². The Balaban J connectivity index is 0.00000228. The Kier molecular flexibility index (Phi) is 5.67. The Morgan fingerprint density at radius 2 is 1.73 bits per heavy atom. The second kappa shape index (κ2) is 8.64. The van der Waals surface area contributed by atoms with Crippen LogP contribution >= 0.6 is 12.4 Å². The molecule has 6 heteroatoms. The molecule has 4 aromatic rings. The van der Waals surface area contributed by atoms with Gasteiger partial charge in [0, 0.05) is 36.9 Å². The molecule has 0 bridgehead atoms. The van der Waals surface area contributed by atoms with E-state index >= 15 is 0 Å². The average Bonchev–Trinajstić information content (AvgIpc) is 3.08. The van der Waals surface area contributed by atoms with Crippen LogP contribution in [0.25, 0.3) is 10.9 Å². The van der Waals surface area contributed by atoms with Crippen LogP contribution in [0.3, 0.4) is 0 Å². The number of pyridine rings is 1. The summed E-state index contributed by atoms with van der Waals surface area (Å²) in [7, 11) is 0. The molecule has 0 spiro atoms. The highest BCUT2D eigenvalue weighted by atomic mass is 35.5. The minimum absolute atomic E-state index is 0. The van der Waals surface area contributed by atoms with Crippen LogP contribution in [0.2, 0.25) is 0 Å². The van der Waals surface area contributed by atoms with Gasteiger partial charge in [0.25, 0.3) is 0 Å². The monoisotopic (exact) mass is 461 g/mol. The van der Waals surface area contributed by atoms with E-state index in [-0.39, 0.29) is 12.4 Å². The molecule has 0 saturated heterocycles. The van der Waals surface area contributed by atoms with E-state index < -0.39 is 0 Å². The summed E-state index contributed by atoms with van der Waals surface area (Å²) in [5.41, 5.74) is 9.14. The number of hydrogen-bond donors (Lipinski definition) is 0. The molecule has 0 fully saturated rings. The normalized spacial score (nSPS) is 14.7. The predicted molar refractivity (Wildman–Crippen MR) is 134 cm³/mol. The van der Waals surface area contributed by atoms with Crippen LogP contribution in [0, 0.1) is 13.8 Å². The third-order valence-electron chi connectivity index (χ3n) is 6.94. The van der Waals surface area contributed by atoms with Crippen molar-refractivity contribution in [1.82, 2.24) is 9.55 Å². The van der Waals surface area contributed by atoms with E-state index in [4.69, 9.17) is 9.47 Å². The first-order valence-corrected chi connectivity index (χ1v) is 11.3. The summed E-state index contributed by atoms with van der Waals surface area (Å²) in [6, 6.07) is 15.1. The lowest BCUT2D eigenvalue weighted by atomic mass is 9.99. The van der Waals surface area contributed by atoms with E-state index in [1.54, 1.807) is 0 Å². The topological polar surface area (TPSA) is 39.5 Å². The maximum absolute atomic E-state index is 5.82. The number of ether oxygens (including phenoxy) is 2. The number of hydrogen-bond acceptors (Lipinski definition) is 4. The molecule has 2 aromatic carbocycles. The largest absolute Gasteiger partial charge is 0.486 e. The molecule has 0 saturated carbocycles. The molecule has 0 radical (unpaired) electrons. The van der Waals surface area contributed by atoms with E-state index in [0.29, 0.717) is 13.2 Å². The van der Waals surface area contributed by atoms with Crippen molar-refractivity contribution in [3.8, 4) is 11.5 Å². The van der Waals surface area contributed by atoms with Gasteiger partial charge in [0.1, 0.15) is 13.2 Å². The van der Waals surface area contributed by atoms with Gasteiger partial charge in [-0.15, -0.1) is 12.4 Å². The lowest BCUT2D eigenvalue weighted by Crippen LogP contribution is -2.30. The highest BCUT2D eigenvalue weighted by Gasteiger charge is 2.22. The van der Waals surface area contributed by atoms with E-state index in [1.807, 2.05) is 18.5 Å². The summed E-state index contributed by atoms with van der Waals surface area (Å²) in [5, 5.41) is 1.23. The third kappa shape index (κ3) is 3.70. The van der Waals surface area contributed by atoms with Crippen LogP contribution in [0.15, 0.2) is 54.9 Å².